The number of hydrogen-bond donors (Lipinski definition) is 2. The number of hydrogen-bond acceptors (Lipinski definition) is 6. The van der Waals surface area contributed by atoms with Gasteiger partial charge in [-0.3, -0.25) is 14.7 Å². The summed E-state index contributed by atoms with van der Waals surface area (Å²) in [5.41, 5.74) is 2.85. The van der Waals surface area contributed by atoms with Gasteiger partial charge >= 0.3 is 0 Å². The van der Waals surface area contributed by atoms with E-state index in [0.29, 0.717) is 11.2 Å². The summed E-state index contributed by atoms with van der Waals surface area (Å²) < 4.78 is 27.9. The first-order valence-electron chi connectivity index (χ1n) is 8.41. The molecule has 0 atom stereocenters. The molecule has 134 valence electrons. The Labute approximate surface area is 152 Å². The van der Waals surface area contributed by atoms with Gasteiger partial charge in [-0.1, -0.05) is 0 Å². The lowest BCUT2D eigenvalue weighted by molar-refractivity contribution is 0.589. The second kappa shape index (κ2) is 6.89. The molecule has 0 amide bonds. The highest BCUT2D eigenvalue weighted by atomic mass is 32.2. The lowest BCUT2D eigenvalue weighted by Gasteiger charge is -2.29. The molecule has 2 aromatic carbocycles. The number of sulfonamides is 1. The van der Waals surface area contributed by atoms with Crippen LogP contribution in [0.2, 0.25) is 0 Å². The second-order valence-electron chi connectivity index (χ2n) is 6.10. The zero-order valence-corrected chi connectivity index (χ0v) is 14.9. The molecule has 0 radical (unpaired) electrons. The Morgan fingerprint density at radius 3 is 2.35 bits per heavy atom. The van der Waals surface area contributed by atoms with Gasteiger partial charge in [0.25, 0.3) is 10.0 Å². The summed E-state index contributed by atoms with van der Waals surface area (Å²) in [6, 6.07) is 12.1. The van der Waals surface area contributed by atoms with Gasteiger partial charge in [-0.2, -0.15) is 0 Å². The number of nitrogens with one attached hydrogen (secondary N) is 2. The van der Waals surface area contributed by atoms with E-state index in [1.165, 1.54) is 0 Å². The lowest BCUT2D eigenvalue weighted by Crippen LogP contribution is -2.43. The summed E-state index contributed by atoms with van der Waals surface area (Å²) >= 11 is 0. The first-order valence-corrected chi connectivity index (χ1v) is 9.89. The molecular formula is C18H19N5O2S. The molecule has 0 unspecified atom stereocenters. The highest BCUT2D eigenvalue weighted by molar-refractivity contribution is 7.92. The first-order chi connectivity index (χ1) is 12.6. The molecule has 1 aromatic heterocycles. The largest absolute Gasteiger partial charge is 0.369 e. The van der Waals surface area contributed by atoms with Crippen molar-refractivity contribution in [1.82, 2.24) is 15.3 Å². The Balaban J connectivity index is 1.55. The molecule has 0 bridgehead atoms. The third-order valence-electron chi connectivity index (χ3n) is 4.35. The summed E-state index contributed by atoms with van der Waals surface area (Å²) in [5.74, 6) is 0. The maximum absolute atomic E-state index is 12.7. The smallest absolute Gasteiger partial charge is 0.261 e. The van der Waals surface area contributed by atoms with Gasteiger partial charge in [0.15, 0.2) is 0 Å². The molecule has 2 N–H and O–H groups in total. The van der Waals surface area contributed by atoms with E-state index in [0.717, 1.165) is 37.4 Å². The van der Waals surface area contributed by atoms with Crippen LogP contribution in [-0.2, 0) is 10.0 Å². The normalized spacial score (nSPS) is 15.2. The molecule has 3 aromatic rings. The van der Waals surface area contributed by atoms with Crippen molar-refractivity contribution < 1.29 is 8.42 Å². The Kier molecular flexibility index (Phi) is 4.44. The zero-order chi connectivity index (χ0) is 18.0. The predicted molar refractivity (Wildman–Crippen MR) is 102 cm³/mol. The average Bonchev–Trinajstić information content (AvgIpc) is 2.68. The van der Waals surface area contributed by atoms with E-state index in [1.807, 2.05) is 12.1 Å². The Hall–Kier alpha value is -2.71. The van der Waals surface area contributed by atoms with E-state index in [1.54, 1.807) is 42.7 Å². The van der Waals surface area contributed by atoms with Crippen LogP contribution in [0.5, 0.6) is 0 Å². The van der Waals surface area contributed by atoms with Gasteiger partial charge in [0.1, 0.15) is 0 Å². The lowest BCUT2D eigenvalue weighted by atomic mass is 10.2. The molecular weight excluding hydrogens is 350 g/mol. The standard InChI is InChI=1S/C18H19N5O2S/c24-26(25,22-14-1-6-17-18(13-14)21-8-7-20-17)16-4-2-15(3-5-16)23-11-9-19-10-12-23/h1-8,13,19,22H,9-12H2. The molecule has 1 aliphatic rings. The number of aromatic nitrogens is 2. The molecule has 8 heteroatoms. The Bertz CT molecular complexity index is 1020. The minimum absolute atomic E-state index is 0.232. The van der Waals surface area contributed by atoms with Gasteiger partial charge in [0.05, 0.1) is 21.6 Å². The summed E-state index contributed by atoms with van der Waals surface area (Å²) in [5, 5.41) is 3.30. The van der Waals surface area contributed by atoms with Crippen molar-refractivity contribution >= 4 is 32.4 Å². The summed E-state index contributed by atoms with van der Waals surface area (Å²) in [7, 11) is -3.66. The highest BCUT2D eigenvalue weighted by Crippen LogP contribution is 2.22. The SMILES string of the molecule is O=S(=O)(Nc1ccc2nccnc2c1)c1ccc(N2CCNCC2)cc1. The number of piperazine rings is 1. The van der Waals surface area contributed by atoms with Crippen molar-refractivity contribution in [3.8, 4) is 0 Å². The van der Waals surface area contributed by atoms with Crippen molar-refractivity contribution in [3.63, 3.8) is 0 Å². The molecule has 1 fully saturated rings. The number of fused-ring (bicyclic) bond motifs is 1. The van der Waals surface area contributed by atoms with Crippen LogP contribution in [0, 0.1) is 0 Å². The molecule has 0 saturated carbocycles. The van der Waals surface area contributed by atoms with Gasteiger partial charge in [-0.15, -0.1) is 0 Å². The molecule has 1 aliphatic heterocycles. The van der Waals surface area contributed by atoms with Crippen molar-refractivity contribution in [2.24, 2.45) is 0 Å². The molecule has 2 heterocycles. The van der Waals surface area contributed by atoms with Crippen molar-refractivity contribution in [2.45, 2.75) is 4.90 Å². The first kappa shape index (κ1) is 16.7. The van der Waals surface area contributed by atoms with E-state index < -0.39 is 10.0 Å². The van der Waals surface area contributed by atoms with Crippen molar-refractivity contribution in [2.75, 3.05) is 35.8 Å². The minimum Gasteiger partial charge on any atom is -0.369 e. The van der Waals surface area contributed by atoms with Crippen molar-refractivity contribution in [3.05, 3.63) is 54.9 Å². The van der Waals surface area contributed by atoms with E-state index in [4.69, 9.17) is 0 Å². The van der Waals surface area contributed by atoms with Gasteiger partial charge in [0, 0.05) is 44.3 Å². The van der Waals surface area contributed by atoms with Gasteiger partial charge in [-0.05, 0) is 42.5 Å². The maximum atomic E-state index is 12.7. The van der Waals surface area contributed by atoms with E-state index >= 15 is 0 Å². The van der Waals surface area contributed by atoms with Crippen LogP contribution in [0.15, 0.2) is 59.8 Å². The predicted octanol–water partition coefficient (Wildman–Crippen LogP) is 1.84. The molecule has 7 nitrogen and oxygen atoms in total. The van der Waals surface area contributed by atoms with Crippen LogP contribution in [0.25, 0.3) is 11.0 Å². The summed E-state index contributed by atoms with van der Waals surface area (Å²) in [6.45, 7) is 3.71. The zero-order valence-electron chi connectivity index (χ0n) is 14.1. The van der Waals surface area contributed by atoms with Gasteiger partial charge in [0.2, 0.25) is 0 Å². The molecule has 0 aliphatic carbocycles. The van der Waals surface area contributed by atoms with Crippen LogP contribution in [-0.4, -0.2) is 44.6 Å². The fourth-order valence-corrected chi connectivity index (χ4v) is 4.05. The Morgan fingerprint density at radius 1 is 0.923 bits per heavy atom. The number of rotatable bonds is 4. The van der Waals surface area contributed by atoms with Gasteiger partial charge < -0.3 is 10.2 Å². The average molecular weight is 369 g/mol. The number of anilines is 2. The Morgan fingerprint density at radius 2 is 1.62 bits per heavy atom. The molecule has 1 saturated heterocycles. The van der Waals surface area contributed by atoms with Crippen LogP contribution in [0.4, 0.5) is 11.4 Å². The van der Waals surface area contributed by atoms with Crippen LogP contribution in [0.1, 0.15) is 0 Å². The quantitative estimate of drug-likeness (QED) is 0.730. The van der Waals surface area contributed by atoms with Gasteiger partial charge in [-0.25, -0.2) is 8.42 Å². The maximum Gasteiger partial charge on any atom is 0.261 e. The van der Waals surface area contributed by atoms with Crippen LogP contribution < -0.4 is 14.9 Å². The highest BCUT2D eigenvalue weighted by Gasteiger charge is 2.16. The van der Waals surface area contributed by atoms with E-state index in [9.17, 15) is 8.42 Å². The third-order valence-corrected chi connectivity index (χ3v) is 5.75. The number of nitrogens with zero attached hydrogens (tertiary/aromatic N) is 3. The van der Waals surface area contributed by atoms with E-state index in [2.05, 4.69) is 24.9 Å². The van der Waals surface area contributed by atoms with E-state index in [-0.39, 0.29) is 4.90 Å². The monoisotopic (exact) mass is 369 g/mol. The molecule has 26 heavy (non-hydrogen) atoms. The fraction of sp³-hybridized carbons (Fsp3) is 0.222. The van der Waals surface area contributed by atoms with Crippen molar-refractivity contribution in [1.29, 1.82) is 0 Å². The van der Waals surface area contributed by atoms with Crippen LogP contribution >= 0.6 is 0 Å². The molecule has 4 rings (SSSR count). The minimum atomic E-state index is -3.66. The topological polar surface area (TPSA) is 87.2 Å². The second-order valence-corrected chi connectivity index (χ2v) is 7.78. The molecule has 0 spiro atoms. The van der Waals surface area contributed by atoms with Crippen LogP contribution in [0.3, 0.4) is 0 Å². The fourth-order valence-electron chi connectivity index (χ4n) is 3.00. The summed E-state index contributed by atoms with van der Waals surface area (Å²) in [4.78, 5) is 10.9. The summed E-state index contributed by atoms with van der Waals surface area (Å²) in [6.07, 6.45) is 3.18. The third kappa shape index (κ3) is 3.47. The number of benzene rings is 2.